The smallest absolute Gasteiger partial charge is 0.252 e. The molecule has 1 heterocycles. The Morgan fingerprint density at radius 2 is 1.63 bits per heavy atom. The molecule has 138 valence electrons. The quantitative estimate of drug-likeness (QED) is 0.629. The summed E-state index contributed by atoms with van der Waals surface area (Å²) in [4.78, 5) is 23.8. The lowest BCUT2D eigenvalue weighted by Crippen LogP contribution is -2.27. The van der Waals surface area contributed by atoms with E-state index in [-0.39, 0.29) is 24.8 Å². The molecule has 0 bridgehead atoms. The standard InChI is InChI=1S/C21H20N2O3S/c1-15-2-6-18(7-3-15)26-19-8-4-17(5-9-19)23-20(24)10-12-22-21(25)16-11-13-27-14-16/h2-9,11,13-14H,10,12H2,1H3,(H,22,25)(H,23,24). The summed E-state index contributed by atoms with van der Waals surface area (Å²) in [7, 11) is 0. The number of thiophene rings is 1. The monoisotopic (exact) mass is 380 g/mol. The molecule has 0 unspecified atom stereocenters. The van der Waals surface area contributed by atoms with Crippen molar-refractivity contribution in [3.63, 3.8) is 0 Å². The minimum absolute atomic E-state index is 0.159. The highest BCUT2D eigenvalue weighted by atomic mass is 32.1. The molecule has 1 aromatic heterocycles. The Hall–Kier alpha value is -3.12. The Kier molecular flexibility index (Phi) is 6.22. The minimum atomic E-state index is -0.165. The average Bonchev–Trinajstić information content (AvgIpc) is 3.20. The summed E-state index contributed by atoms with van der Waals surface area (Å²) in [6.07, 6.45) is 0.206. The van der Waals surface area contributed by atoms with Crippen LogP contribution in [-0.4, -0.2) is 18.4 Å². The molecule has 3 rings (SSSR count). The van der Waals surface area contributed by atoms with Crippen LogP contribution in [0.1, 0.15) is 22.3 Å². The first-order valence-corrected chi connectivity index (χ1v) is 9.49. The average molecular weight is 380 g/mol. The highest BCUT2D eigenvalue weighted by Crippen LogP contribution is 2.23. The second-order valence-electron chi connectivity index (χ2n) is 6.01. The van der Waals surface area contributed by atoms with Gasteiger partial charge in [0, 0.05) is 29.6 Å². The number of hydrogen-bond donors (Lipinski definition) is 2. The Morgan fingerprint density at radius 3 is 2.26 bits per heavy atom. The first-order chi connectivity index (χ1) is 13.1. The van der Waals surface area contributed by atoms with Crippen LogP contribution in [0, 0.1) is 6.92 Å². The van der Waals surface area contributed by atoms with Gasteiger partial charge in [0.05, 0.1) is 0 Å². The normalized spacial score (nSPS) is 10.3. The van der Waals surface area contributed by atoms with Gasteiger partial charge < -0.3 is 15.4 Å². The van der Waals surface area contributed by atoms with Gasteiger partial charge in [0.15, 0.2) is 0 Å². The largest absolute Gasteiger partial charge is 0.457 e. The fourth-order valence-corrected chi connectivity index (χ4v) is 2.99. The number of rotatable bonds is 7. The molecule has 0 spiro atoms. The summed E-state index contributed by atoms with van der Waals surface area (Å²) in [5, 5.41) is 9.15. The van der Waals surface area contributed by atoms with Crippen molar-refractivity contribution in [2.45, 2.75) is 13.3 Å². The molecule has 0 aliphatic heterocycles. The third-order valence-electron chi connectivity index (χ3n) is 3.82. The number of carbonyl (C=O) groups excluding carboxylic acids is 2. The van der Waals surface area contributed by atoms with Crippen LogP contribution in [0.3, 0.4) is 0 Å². The lowest BCUT2D eigenvalue weighted by atomic mass is 10.2. The zero-order chi connectivity index (χ0) is 19.1. The Labute approximate surface area is 162 Å². The van der Waals surface area contributed by atoms with Crippen LogP contribution in [0.4, 0.5) is 5.69 Å². The molecule has 0 fully saturated rings. The maximum Gasteiger partial charge on any atom is 0.252 e. The van der Waals surface area contributed by atoms with Crippen molar-refractivity contribution >= 4 is 28.8 Å². The Bertz CT molecular complexity index is 888. The van der Waals surface area contributed by atoms with E-state index in [0.717, 1.165) is 5.75 Å². The van der Waals surface area contributed by atoms with E-state index < -0.39 is 0 Å². The van der Waals surface area contributed by atoms with E-state index >= 15 is 0 Å². The highest BCUT2D eigenvalue weighted by Gasteiger charge is 2.07. The van der Waals surface area contributed by atoms with Crippen LogP contribution in [-0.2, 0) is 4.79 Å². The lowest BCUT2D eigenvalue weighted by Gasteiger charge is -2.09. The fourth-order valence-electron chi connectivity index (χ4n) is 2.36. The van der Waals surface area contributed by atoms with Gasteiger partial charge in [-0.15, -0.1) is 0 Å². The molecule has 6 heteroatoms. The minimum Gasteiger partial charge on any atom is -0.457 e. The van der Waals surface area contributed by atoms with Crippen molar-refractivity contribution in [2.24, 2.45) is 0 Å². The molecule has 2 amide bonds. The summed E-state index contributed by atoms with van der Waals surface area (Å²) in [6.45, 7) is 2.31. The van der Waals surface area contributed by atoms with Crippen molar-refractivity contribution < 1.29 is 14.3 Å². The molecule has 0 saturated heterocycles. The number of anilines is 1. The molecule has 0 atom stereocenters. The van der Waals surface area contributed by atoms with Crippen LogP contribution in [0.25, 0.3) is 0 Å². The van der Waals surface area contributed by atoms with Gasteiger partial charge in [0.2, 0.25) is 5.91 Å². The predicted molar refractivity (Wildman–Crippen MR) is 108 cm³/mol. The van der Waals surface area contributed by atoms with Crippen molar-refractivity contribution in [3.05, 3.63) is 76.5 Å². The maximum absolute atomic E-state index is 12.0. The first kappa shape index (κ1) is 18.7. The SMILES string of the molecule is Cc1ccc(Oc2ccc(NC(=O)CCNC(=O)c3ccsc3)cc2)cc1. The van der Waals surface area contributed by atoms with Crippen molar-refractivity contribution in [3.8, 4) is 11.5 Å². The zero-order valence-corrected chi connectivity index (χ0v) is 15.7. The molecular weight excluding hydrogens is 360 g/mol. The van der Waals surface area contributed by atoms with Gasteiger partial charge in [-0.2, -0.15) is 11.3 Å². The van der Waals surface area contributed by atoms with Crippen molar-refractivity contribution in [2.75, 3.05) is 11.9 Å². The van der Waals surface area contributed by atoms with Gasteiger partial charge in [0.25, 0.3) is 5.91 Å². The molecule has 0 aliphatic carbocycles. The zero-order valence-electron chi connectivity index (χ0n) is 14.9. The van der Waals surface area contributed by atoms with Crippen LogP contribution in [0.15, 0.2) is 65.4 Å². The summed E-state index contributed by atoms with van der Waals surface area (Å²) < 4.78 is 5.76. The van der Waals surface area contributed by atoms with Gasteiger partial charge in [0.1, 0.15) is 11.5 Å². The first-order valence-electron chi connectivity index (χ1n) is 8.55. The number of amides is 2. The molecule has 0 saturated carbocycles. The highest BCUT2D eigenvalue weighted by molar-refractivity contribution is 7.08. The molecule has 3 aromatic rings. The number of ether oxygens (including phenoxy) is 1. The molecule has 2 N–H and O–H groups in total. The van der Waals surface area contributed by atoms with Gasteiger partial charge >= 0.3 is 0 Å². The molecule has 27 heavy (non-hydrogen) atoms. The molecule has 0 aliphatic rings. The molecule has 2 aromatic carbocycles. The van der Waals surface area contributed by atoms with E-state index in [1.807, 2.05) is 36.6 Å². The van der Waals surface area contributed by atoms with E-state index in [9.17, 15) is 9.59 Å². The lowest BCUT2D eigenvalue weighted by molar-refractivity contribution is -0.116. The topological polar surface area (TPSA) is 67.4 Å². The summed E-state index contributed by atoms with van der Waals surface area (Å²) in [5.41, 5.74) is 2.47. The number of hydrogen-bond acceptors (Lipinski definition) is 4. The van der Waals surface area contributed by atoms with E-state index in [1.54, 1.807) is 35.7 Å². The Morgan fingerprint density at radius 1 is 0.963 bits per heavy atom. The fraction of sp³-hybridized carbons (Fsp3) is 0.143. The van der Waals surface area contributed by atoms with Crippen molar-refractivity contribution in [1.29, 1.82) is 0 Å². The molecule has 0 radical (unpaired) electrons. The number of aryl methyl sites for hydroxylation is 1. The van der Waals surface area contributed by atoms with Crippen LogP contribution >= 0.6 is 11.3 Å². The molecular formula is C21H20N2O3S. The van der Waals surface area contributed by atoms with Gasteiger partial charge in [-0.3, -0.25) is 9.59 Å². The summed E-state index contributed by atoms with van der Waals surface area (Å²) >= 11 is 1.46. The third-order valence-corrected chi connectivity index (χ3v) is 4.50. The number of carbonyl (C=O) groups is 2. The van der Waals surface area contributed by atoms with E-state index in [2.05, 4.69) is 10.6 Å². The van der Waals surface area contributed by atoms with Crippen LogP contribution < -0.4 is 15.4 Å². The maximum atomic E-state index is 12.0. The van der Waals surface area contributed by atoms with E-state index in [4.69, 9.17) is 4.74 Å². The van der Waals surface area contributed by atoms with Crippen LogP contribution in [0.2, 0.25) is 0 Å². The van der Waals surface area contributed by atoms with E-state index in [1.165, 1.54) is 16.9 Å². The number of nitrogens with one attached hydrogen (secondary N) is 2. The predicted octanol–water partition coefficient (Wildman–Crippen LogP) is 4.61. The second kappa shape index (κ2) is 9.00. The van der Waals surface area contributed by atoms with Gasteiger partial charge in [-0.1, -0.05) is 17.7 Å². The van der Waals surface area contributed by atoms with Crippen LogP contribution in [0.5, 0.6) is 11.5 Å². The summed E-state index contributed by atoms with van der Waals surface area (Å²) in [5.74, 6) is 1.13. The third kappa shape index (κ3) is 5.69. The molecule has 5 nitrogen and oxygen atoms in total. The second-order valence-corrected chi connectivity index (χ2v) is 6.79. The van der Waals surface area contributed by atoms with E-state index in [0.29, 0.717) is 17.0 Å². The Balaban J connectivity index is 1.44. The number of benzene rings is 2. The van der Waals surface area contributed by atoms with Gasteiger partial charge in [-0.05, 0) is 54.8 Å². The van der Waals surface area contributed by atoms with Crippen molar-refractivity contribution in [1.82, 2.24) is 5.32 Å². The van der Waals surface area contributed by atoms with Gasteiger partial charge in [-0.25, -0.2) is 0 Å². The summed E-state index contributed by atoms with van der Waals surface area (Å²) in [6, 6.07) is 16.7.